The van der Waals surface area contributed by atoms with Gasteiger partial charge in [-0.2, -0.15) is 29.0 Å². The summed E-state index contributed by atoms with van der Waals surface area (Å²) in [5, 5.41) is 38.0. The molecule has 1 N–H and O–H groups in total. The molecule has 1 aromatic rings. The summed E-state index contributed by atoms with van der Waals surface area (Å²) >= 11 is 0. The molecule has 1 saturated carbocycles. The van der Waals surface area contributed by atoms with Gasteiger partial charge in [0.1, 0.15) is 5.92 Å². The first-order valence-corrected chi connectivity index (χ1v) is 9.14. The molecule has 0 bridgehead atoms. The Labute approximate surface area is 166 Å². The first-order chi connectivity index (χ1) is 13.7. The first kappa shape index (κ1) is 20.6. The fraction of sp³-hybridized carbons (Fsp3) is 0.429. The van der Waals surface area contributed by atoms with Crippen molar-refractivity contribution in [1.82, 2.24) is 4.90 Å². The van der Waals surface area contributed by atoms with Gasteiger partial charge in [-0.1, -0.05) is 25.1 Å². The van der Waals surface area contributed by atoms with Crippen LogP contribution in [0.4, 0.5) is 13.2 Å². The van der Waals surface area contributed by atoms with Crippen molar-refractivity contribution in [2.24, 2.45) is 17.3 Å². The minimum atomic E-state index is -4.50. The van der Waals surface area contributed by atoms with Crippen LogP contribution in [0.1, 0.15) is 24.0 Å². The molecule has 8 heteroatoms. The number of benzene rings is 1. The summed E-state index contributed by atoms with van der Waals surface area (Å²) in [5.41, 5.74) is -1.98. The number of nitrogens with zero attached hydrogens (tertiary/aromatic N) is 4. The molecule has 1 aliphatic carbocycles. The number of rotatable bonds is 2. The largest absolute Gasteiger partial charge is 0.416 e. The van der Waals surface area contributed by atoms with Crippen LogP contribution in [0.25, 0.3) is 0 Å². The summed E-state index contributed by atoms with van der Waals surface area (Å²) in [6.45, 7) is 3.71. The third-order valence-electron chi connectivity index (χ3n) is 5.91. The predicted octanol–water partition coefficient (Wildman–Crippen LogP) is 3.87. The zero-order chi connectivity index (χ0) is 21.4. The van der Waals surface area contributed by atoms with Crippen LogP contribution in [0, 0.1) is 56.7 Å². The van der Waals surface area contributed by atoms with Gasteiger partial charge >= 0.3 is 6.18 Å². The Bertz CT molecular complexity index is 958. The lowest BCUT2D eigenvalue weighted by Crippen LogP contribution is -2.52. The second-order valence-electron chi connectivity index (χ2n) is 7.27. The molecule has 29 heavy (non-hydrogen) atoms. The Morgan fingerprint density at radius 2 is 1.79 bits per heavy atom. The van der Waals surface area contributed by atoms with E-state index in [-0.39, 0.29) is 5.71 Å². The van der Waals surface area contributed by atoms with Crippen LogP contribution in [0.5, 0.6) is 0 Å². The van der Waals surface area contributed by atoms with E-state index < -0.39 is 34.9 Å². The van der Waals surface area contributed by atoms with Gasteiger partial charge in [-0.25, -0.2) is 0 Å². The summed E-state index contributed by atoms with van der Waals surface area (Å²) < 4.78 is 38.9. The molecule has 5 nitrogen and oxygen atoms in total. The number of alkyl halides is 3. The summed E-state index contributed by atoms with van der Waals surface area (Å²) in [7, 11) is 0. The first-order valence-electron chi connectivity index (χ1n) is 9.14. The highest BCUT2D eigenvalue weighted by Crippen LogP contribution is 2.53. The topological polar surface area (TPSA) is 98.5 Å². The van der Waals surface area contributed by atoms with Gasteiger partial charge in [0.2, 0.25) is 0 Å². The van der Waals surface area contributed by atoms with Crippen LogP contribution >= 0.6 is 0 Å². The minimum absolute atomic E-state index is 0.303. The molecule has 0 radical (unpaired) electrons. The molecule has 0 spiro atoms. The van der Waals surface area contributed by atoms with Crippen LogP contribution in [0.15, 0.2) is 35.9 Å². The number of fused-ring (bicyclic) bond motifs is 1. The number of likely N-dealkylation sites (N-methyl/N-ethyl adjacent to an activating group) is 1. The fourth-order valence-electron chi connectivity index (χ4n) is 4.38. The van der Waals surface area contributed by atoms with Gasteiger partial charge in [-0.05, 0) is 29.8 Å². The average Bonchev–Trinajstić information content (AvgIpc) is 2.72. The standard InChI is InChI=1S/C21H18F3N5/c1-2-29-8-7-15-16(9-25)19(28)20(11-26,12-27)18(17(15)10-29)13-3-5-14(6-4-13)21(22,23)24/h3-7,16-18,28H,2,8,10H2,1H3/t16?,17-,18+/m0/s1. The predicted molar refractivity (Wildman–Crippen MR) is 98.4 cm³/mol. The highest BCUT2D eigenvalue weighted by Gasteiger charge is 2.57. The molecular formula is C21H18F3N5. The number of hydrogen-bond donors (Lipinski definition) is 1. The third-order valence-corrected chi connectivity index (χ3v) is 5.91. The lowest BCUT2D eigenvalue weighted by Gasteiger charge is -2.47. The summed E-state index contributed by atoms with van der Waals surface area (Å²) in [6, 6.07) is 10.3. The van der Waals surface area contributed by atoms with Crippen molar-refractivity contribution in [1.29, 1.82) is 21.2 Å². The van der Waals surface area contributed by atoms with E-state index in [0.717, 1.165) is 12.1 Å². The SMILES string of the molecule is CCN1CC=C2C(C#N)C(=N)C(C#N)(C#N)[C@H](c3ccc(C(F)(F)F)cc3)[C@H]2C1. The van der Waals surface area contributed by atoms with Crippen molar-refractivity contribution < 1.29 is 13.2 Å². The van der Waals surface area contributed by atoms with E-state index in [1.165, 1.54) is 12.1 Å². The second-order valence-corrected chi connectivity index (χ2v) is 7.27. The van der Waals surface area contributed by atoms with Crippen LogP contribution in [-0.4, -0.2) is 30.2 Å². The zero-order valence-corrected chi connectivity index (χ0v) is 15.7. The van der Waals surface area contributed by atoms with Crippen LogP contribution in [-0.2, 0) is 6.18 Å². The molecule has 0 aromatic heterocycles. The number of nitriles is 3. The van der Waals surface area contributed by atoms with Crippen molar-refractivity contribution in [3.05, 3.63) is 47.0 Å². The summed E-state index contributed by atoms with van der Waals surface area (Å²) in [5.74, 6) is -2.24. The van der Waals surface area contributed by atoms with Gasteiger partial charge in [0.15, 0.2) is 5.41 Å². The lowest BCUT2D eigenvalue weighted by atomic mass is 9.54. The highest BCUT2D eigenvalue weighted by atomic mass is 19.4. The van der Waals surface area contributed by atoms with E-state index in [1.807, 2.05) is 31.2 Å². The monoisotopic (exact) mass is 397 g/mol. The van der Waals surface area contributed by atoms with Crippen molar-refractivity contribution in [2.45, 2.75) is 19.0 Å². The van der Waals surface area contributed by atoms with E-state index in [2.05, 4.69) is 4.90 Å². The van der Waals surface area contributed by atoms with Crippen LogP contribution in [0.3, 0.4) is 0 Å². The zero-order valence-electron chi connectivity index (χ0n) is 15.7. The smallest absolute Gasteiger partial charge is 0.305 e. The van der Waals surface area contributed by atoms with Crippen molar-refractivity contribution in [3.8, 4) is 18.2 Å². The van der Waals surface area contributed by atoms with Crippen molar-refractivity contribution in [3.63, 3.8) is 0 Å². The molecule has 148 valence electrons. The molecule has 1 unspecified atom stereocenters. The Balaban J connectivity index is 2.20. The van der Waals surface area contributed by atoms with E-state index in [4.69, 9.17) is 5.41 Å². The van der Waals surface area contributed by atoms with E-state index in [1.54, 1.807) is 0 Å². The molecule has 0 amide bonds. The maximum absolute atomic E-state index is 13.0. The van der Waals surface area contributed by atoms with E-state index in [9.17, 15) is 29.0 Å². The Kier molecular flexibility index (Phi) is 5.22. The van der Waals surface area contributed by atoms with Gasteiger partial charge < -0.3 is 5.41 Å². The molecule has 1 aromatic carbocycles. The molecular weight excluding hydrogens is 379 g/mol. The molecule has 0 saturated heterocycles. The van der Waals surface area contributed by atoms with Crippen molar-refractivity contribution >= 4 is 5.71 Å². The Morgan fingerprint density at radius 1 is 1.17 bits per heavy atom. The van der Waals surface area contributed by atoms with Gasteiger partial charge in [0.05, 0.1) is 29.5 Å². The number of hydrogen-bond acceptors (Lipinski definition) is 5. The molecule has 3 atom stereocenters. The van der Waals surface area contributed by atoms with E-state index >= 15 is 0 Å². The molecule has 1 aliphatic heterocycles. The Morgan fingerprint density at radius 3 is 2.28 bits per heavy atom. The number of nitrogens with one attached hydrogen (secondary N) is 1. The van der Waals surface area contributed by atoms with Crippen LogP contribution in [0.2, 0.25) is 0 Å². The quantitative estimate of drug-likeness (QED) is 0.766. The summed E-state index contributed by atoms with van der Waals surface area (Å²) in [4.78, 5) is 2.08. The van der Waals surface area contributed by atoms with Crippen molar-refractivity contribution in [2.75, 3.05) is 19.6 Å². The van der Waals surface area contributed by atoms with Gasteiger partial charge in [0, 0.05) is 24.9 Å². The van der Waals surface area contributed by atoms with E-state index in [0.29, 0.717) is 30.8 Å². The van der Waals surface area contributed by atoms with Gasteiger partial charge in [0.25, 0.3) is 0 Å². The second kappa shape index (κ2) is 7.35. The van der Waals surface area contributed by atoms with Gasteiger partial charge in [-0.3, -0.25) is 4.90 Å². The number of halogens is 3. The fourth-order valence-corrected chi connectivity index (χ4v) is 4.38. The highest BCUT2D eigenvalue weighted by molar-refractivity contribution is 6.00. The van der Waals surface area contributed by atoms with Gasteiger partial charge in [-0.15, -0.1) is 0 Å². The molecule has 1 fully saturated rings. The normalized spacial score (nSPS) is 26.4. The Hall–Kier alpha value is -3.15. The molecule has 1 heterocycles. The summed E-state index contributed by atoms with van der Waals surface area (Å²) in [6.07, 6.45) is -2.64. The van der Waals surface area contributed by atoms with Crippen LogP contribution < -0.4 is 0 Å². The maximum atomic E-state index is 13.0. The maximum Gasteiger partial charge on any atom is 0.416 e. The third kappa shape index (κ3) is 3.18. The lowest BCUT2D eigenvalue weighted by molar-refractivity contribution is -0.137. The minimum Gasteiger partial charge on any atom is -0.305 e. The molecule has 2 aliphatic rings. The molecule has 3 rings (SSSR count). The average molecular weight is 397 g/mol.